The van der Waals surface area contributed by atoms with Gasteiger partial charge in [0.05, 0.1) is 12.1 Å². The Kier molecular flexibility index (Phi) is 6.81. The highest BCUT2D eigenvalue weighted by Crippen LogP contribution is 2.38. The molecule has 2 N–H and O–H groups in total. The third-order valence-corrected chi connectivity index (χ3v) is 4.89. The Morgan fingerprint density at radius 1 is 1.00 bits per heavy atom. The molecular weight excluding hydrogens is 412 g/mol. The van der Waals surface area contributed by atoms with Crippen LogP contribution in [-0.2, 0) is 4.79 Å². The first-order valence-corrected chi connectivity index (χ1v) is 9.75. The van der Waals surface area contributed by atoms with Gasteiger partial charge >= 0.3 is 5.97 Å². The molecule has 0 aromatic heterocycles. The Hall–Kier alpha value is -4.24. The number of aromatic hydroxyl groups is 1. The molecule has 0 heterocycles. The van der Waals surface area contributed by atoms with Crippen LogP contribution in [0.25, 0.3) is 22.1 Å². The van der Waals surface area contributed by atoms with E-state index in [2.05, 4.69) is 4.85 Å². The Morgan fingerprint density at radius 2 is 1.56 bits per heavy atom. The Labute approximate surface area is 184 Å². The molecule has 0 atom stereocenters. The number of carbonyl (C=O) groups is 1. The number of halogens is 2. The molecule has 0 aliphatic carbocycles. The maximum atomic E-state index is 15.2. The molecule has 0 bridgehead atoms. The maximum absolute atomic E-state index is 15.2. The van der Waals surface area contributed by atoms with Crippen molar-refractivity contribution in [2.45, 2.75) is 13.3 Å². The highest BCUT2D eigenvalue weighted by Gasteiger charge is 2.21. The smallest absolute Gasteiger partial charge is 0.328 e. The van der Waals surface area contributed by atoms with E-state index in [0.29, 0.717) is 34.4 Å². The molecule has 160 valence electrons. The first-order chi connectivity index (χ1) is 15.3. The van der Waals surface area contributed by atoms with Crippen molar-refractivity contribution >= 4 is 28.9 Å². The lowest BCUT2D eigenvalue weighted by Crippen LogP contribution is -2.02. The van der Waals surface area contributed by atoms with Crippen LogP contribution in [0.2, 0.25) is 0 Å². The number of carboxylic acids is 1. The van der Waals surface area contributed by atoms with Crippen LogP contribution in [0.15, 0.2) is 66.7 Å². The fourth-order valence-corrected chi connectivity index (χ4v) is 3.46. The lowest BCUT2D eigenvalue weighted by molar-refractivity contribution is -0.131. The molecule has 0 spiro atoms. The second kappa shape index (κ2) is 9.71. The van der Waals surface area contributed by atoms with Gasteiger partial charge in [-0.1, -0.05) is 43.3 Å². The van der Waals surface area contributed by atoms with Crippen LogP contribution in [0.1, 0.15) is 35.6 Å². The molecular formula is C26H19F2NO3. The summed E-state index contributed by atoms with van der Waals surface area (Å²) in [6, 6.07) is 14.9. The van der Waals surface area contributed by atoms with Gasteiger partial charge in [0.25, 0.3) is 0 Å². The van der Waals surface area contributed by atoms with Gasteiger partial charge in [0.1, 0.15) is 17.4 Å². The van der Waals surface area contributed by atoms with Crippen LogP contribution >= 0.6 is 0 Å². The monoisotopic (exact) mass is 431 g/mol. The molecule has 3 aromatic rings. The predicted octanol–water partition coefficient (Wildman–Crippen LogP) is 6.69. The average molecular weight is 431 g/mol. The molecule has 32 heavy (non-hydrogen) atoms. The van der Waals surface area contributed by atoms with Crippen LogP contribution in [-0.4, -0.2) is 16.2 Å². The molecule has 0 aliphatic heterocycles. The number of carboxylic acid groups (broad SMARTS) is 1. The number of rotatable bonds is 6. The van der Waals surface area contributed by atoms with Gasteiger partial charge < -0.3 is 10.2 Å². The van der Waals surface area contributed by atoms with E-state index in [1.54, 1.807) is 36.4 Å². The third kappa shape index (κ3) is 4.90. The summed E-state index contributed by atoms with van der Waals surface area (Å²) >= 11 is 0. The quantitative estimate of drug-likeness (QED) is 0.260. The van der Waals surface area contributed by atoms with Crippen molar-refractivity contribution in [2.75, 3.05) is 0 Å². The van der Waals surface area contributed by atoms with Crippen molar-refractivity contribution in [1.82, 2.24) is 0 Å². The molecule has 6 heteroatoms. The minimum absolute atomic E-state index is 0.0164. The van der Waals surface area contributed by atoms with E-state index in [-0.39, 0.29) is 16.9 Å². The molecule has 3 aromatic carbocycles. The van der Waals surface area contributed by atoms with Crippen molar-refractivity contribution < 1.29 is 23.8 Å². The second-order valence-corrected chi connectivity index (χ2v) is 6.94. The fourth-order valence-electron chi connectivity index (χ4n) is 3.46. The first kappa shape index (κ1) is 22.4. The van der Waals surface area contributed by atoms with Crippen LogP contribution in [0.3, 0.4) is 0 Å². The summed E-state index contributed by atoms with van der Waals surface area (Å²) in [7, 11) is 0. The number of aliphatic carboxylic acids is 1. The first-order valence-electron chi connectivity index (χ1n) is 9.75. The molecule has 0 aliphatic rings. The maximum Gasteiger partial charge on any atom is 0.328 e. The van der Waals surface area contributed by atoms with Gasteiger partial charge in [-0.25, -0.2) is 18.4 Å². The number of hydrogen-bond acceptors (Lipinski definition) is 2. The number of benzene rings is 3. The van der Waals surface area contributed by atoms with Gasteiger partial charge in [-0.15, -0.1) is 0 Å². The zero-order chi connectivity index (χ0) is 23.3. The lowest BCUT2D eigenvalue weighted by atomic mass is 9.87. The van der Waals surface area contributed by atoms with Gasteiger partial charge in [0, 0.05) is 6.08 Å². The van der Waals surface area contributed by atoms with E-state index >= 15 is 8.78 Å². The molecule has 0 unspecified atom stereocenters. The lowest BCUT2D eigenvalue weighted by Gasteiger charge is -2.18. The average Bonchev–Trinajstić information content (AvgIpc) is 2.77. The van der Waals surface area contributed by atoms with Crippen molar-refractivity contribution in [2.24, 2.45) is 0 Å². The third-order valence-electron chi connectivity index (χ3n) is 4.89. The molecule has 0 amide bonds. The SMILES string of the molecule is [C-]#[N+]c1ccc(/C(CC)=C(/c2ccc(O)cc2)c2c(F)cc(/C=C/C(=O)O)cc2F)cc1. The van der Waals surface area contributed by atoms with Gasteiger partial charge in [-0.2, -0.15) is 0 Å². The van der Waals surface area contributed by atoms with Crippen molar-refractivity contribution in [3.05, 3.63) is 112 Å². The second-order valence-electron chi connectivity index (χ2n) is 6.94. The number of nitrogens with zero attached hydrogens (tertiary/aromatic N) is 1. The van der Waals surface area contributed by atoms with E-state index in [9.17, 15) is 9.90 Å². The molecule has 3 rings (SSSR count). The van der Waals surface area contributed by atoms with Gasteiger partial charge in [0.15, 0.2) is 5.69 Å². The van der Waals surface area contributed by atoms with Crippen molar-refractivity contribution in [3.8, 4) is 5.75 Å². The molecule has 0 saturated carbocycles. The Morgan fingerprint density at radius 3 is 2.06 bits per heavy atom. The molecule has 4 nitrogen and oxygen atoms in total. The minimum atomic E-state index is -1.23. The van der Waals surface area contributed by atoms with Crippen LogP contribution in [0.4, 0.5) is 14.5 Å². The summed E-state index contributed by atoms with van der Waals surface area (Å²) < 4.78 is 30.5. The number of allylic oxidation sites excluding steroid dienone is 1. The normalized spacial score (nSPS) is 11.8. The summed E-state index contributed by atoms with van der Waals surface area (Å²) in [6.45, 7) is 8.98. The standard InChI is InChI=1S/C26H19F2NO3/c1-3-21(17-5-9-19(29-2)10-6-17)25(18-7-11-20(30)12-8-18)26-22(27)14-16(15-23(26)28)4-13-24(31)32/h4-15,30H,3H2,1H3,(H,31,32)/b13-4+,25-21-. The van der Waals surface area contributed by atoms with E-state index in [4.69, 9.17) is 11.7 Å². The van der Waals surface area contributed by atoms with Crippen LogP contribution in [0.5, 0.6) is 5.75 Å². The topological polar surface area (TPSA) is 61.9 Å². The van der Waals surface area contributed by atoms with Gasteiger partial charge in [0.2, 0.25) is 0 Å². The molecule has 0 saturated heterocycles. The summed E-state index contributed by atoms with van der Waals surface area (Å²) in [5, 5.41) is 18.5. The van der Waals surface area contributed by atoms with Crippen LogP contribution < -0.4 is 0 Å². The van der Waals surface area contributed by atoms with E-state index in [1.165, 1.54) is 12.1 Å². The number of phenolic OH excluding ortho intramolecular Hbond substituents is 1. The Balaban J connectivity index is 2.30. The largest absolute Gasteiger partial charge is 0.508 e. The zero-order valence-electron chi connectivity index (χ0n) is 17.1. The highest BCUT2D eigenvalue weighted by atomic mass is 19.1. The molecule has 0 radical (unpaired) electrons. The number of phenols is 1. The van der Waals surface area contributed by atoms with E-state index in [1.807, 2.05) is 6.92 Å². The van der Waals surface area contributed by atoms with Crippen molar-refractivity contribution in [1.29, 1.82) is 0 Å². The zero-order valence-corrected chi connectivity index (χ0v) is 17.1. The summed E-state index contributed by atoms with van der Waals surface area (Å²) in [6.07, 6.45) is 2.36. The summed E-state index contributed by atoms with van der Waals surface area (Å²) in [5.74, 6) is -2.90. The van der Waals surface area contributed by atoms with Crippen molar-refractivity contribution in [3.63, 3.8) is 0 Å². The summed E-state index contributed by atoms with van der Waals surface area (Å²) in [4.78, 5) is 14.1. The van der Waals surface area contributed by atoms with Crippen LogP contribution in [0, 0.1) is 18.2 Å². The number of hydrogen-bond donors (Lipinski definition) is 2. The highest BCUT2D eigenvalue weighted by molar-refractivity contribution is 5.99. The molecule has 0 fully saturated rings. The summed E-state index contributed by atoms with van der Waals surface area (Å²) in [5.41, 5.74) is 2.44. The van der Waals surface area contributed by atoms with Gasteiger partial charge in [-0.3, -0.25) is 0 Å². The fraction of sp³-hybridized carbons (Fsp3) is 0.0769. The minimum Gasteiger partial charge on any atom is -0.508 e. The van der Waals surface area contributed by atoms with Gasteiger partial charge in [-0.05, 0) is 64.6 Å². The van der Waals surface area contributed by atoms with E-state index < -0.39 is 17.6 Å². The van der Waals surface area contributed by atoms with E-state index in [0.717, 1.165) is 24.3 Å². The Bertz CT molecular complexity index is 1230. The predicted molar refractivity (Wildman–Crippen MR) is 120 cm³/mol.